The highest BCUT2D eigenvalue weighted by molar-refractivity contribution is 7.90. The number of hydrogen-bond donors (Lipinski definition) is 1. The minimum absolute atomic E-state index is 0.432. The minimum Gasteiger partial charge on any atom is -0.404 e. The largest absolute Gasteiger partial charge is 0.573 e. The predicted octanol–water partition coefficient (Wildman–Crippen LogP) is 2.16. The molecule has 0 atom stereocenters. The van der Waals surface area contributed by atoms with Crippen LogP contribution in [0.25, 0.3) is 0 Å². The highest BCUT2D eigenvalue weighted by atomic mass is 32.2. The number of rotatable bonds is 4. The molecule has 1 aromatic heterocycles. The van der Waals surface area contributed by atoms with Gasteiger partial charge in [0, 0.05) is 12.4 Å². The van der Waals surface area contributed by atoms with E-state index in [1.807, 2.05) is 0 Å². The Hall–Kier alpha value is -2.89. The Balaban J connectivity index is 2.19. The number of ether oxygens (including phenoxy) is 2. The number of alkyl halides is 3. The predicted molar refractivity (Wildman–Crippen MR) is 76.2 cm³/mol. The Morgan fingerprint density at radius 3 is 2.36 bits per heavy atom. The number of benzene rings is 1. The Kier molecular flexibility index (Phi) is 5.11. The summed E-state index contributed by atoms with van der Waals surface area (Å²) in [5.74, 6) is -0.998. The van der Waals surface area contributed by atoms with Crippen molar-refractivity contribution in [2.24, 2.45) is 0 Å². The van der Waals surface area contributed by atoms with E-state index in [0.29, 0.717) is 5.56 Å². The van der Waals surface area contributed by atoms with E-state index >= 15 is 0 Å². The van der Waals surface area contributed by atoms with E-state index in [2.05, 4.69) is 19.4 Å². The number of aromatic nitrogens is 2. The molecule has 1 amide bonds. The second kappa shape index (κ2) is 6.93. The second-order valence-corrected chi connectivity index (χ2v) is 6.18. The van der Waals surface area contributed by atoms with Crippen LogP contribution in [0.3, 0.4) is 0 Å². The molecule has 134 valence electrons. The first kappa shape index (κ1) is 18.4. The molecule has 0 fully saturated rings. The van der Waals surface area contributed by atoms with Crippen LogP contribution in [-0.2, 0) is 10.0 Å². The lowest BCUT2D eigenvalue weighted by Gasteiger charge is -2.13. The van der Waals surface area contributed by atoms with Crippen molar-refractivity contribution >= 4 is 16.1 Å². The molecule has 8 nitrogen and oxygen atoms in total. The maximum absolute atomic E-state index is 12.3. The maximum atomic E-state index is 12.3. The first-order valence-electron chi connectivity index (χ1n) is 6.45. The molecule has 0 unspecified atom stereocenters. The third-order valence-electron chi connectivity index (χ3n) is 2.52. The molecular weight excluding hydrogens is 367 g/mol. The number of nitrogens with zero attached hydrogens (tertiary/aromatic N) is 2. The van der Waals surface area contributed by atoms with Crippen LogP contribution < -0.4 is 14.2 Å². The van der Waals surface area contributed by atoms with Gasteiger partial charge in [0.25, 0.3) is 10.0 Å². The van der Waals surface area contributed by atoms with Crippen LogP contribution in [0.5, 0.6) is 11.8 Å². The zero-order valence-electron chi connectivity index (χ0n) is 12.4. The van der Waals surface area contributed by atoms with Crippen molar-refractivity contribution in [3.63, 3.8) is 0 Å². The van der Waals surface area contributed by atoms with Gasteiger partial charge in [-0.3, -0.25) is 0 Å². The van der Waals surface area contributed by atoms with Gasteiger partial charge in [0.2, 0.25) is 0 Å². The summed E-state index contributed by atoms with van der Waals surface area (Å²) in [5, 5.41) is 0. The summed E-state index contributed by atoms with van der Waals surface area (Å²) in [6, 6.07) is 3.48. The van der Waals surface area contributed by atoms with Gasteiger partial charge in [-0.2, -0.15) is 0 Å². The van der Waals surface area contributed by atoms with E-state index < -0.39 is 39.1 Å². The molecule has 0 bridgehead atoms. The second-order valence-electron chi connectivity index (χ2n) is 4.53. The quantitative estimate of drug-likeness (QED) is 0.870. The standard InChI is InChI=1S/C13H10F3N3O5S/c1-8-6-17-11(18-7-8)23-12(20)19-25(21,22)10-5-3-2-4-9(10)24-13(14,15)16/h2-7H,1H3,(H,19,20). The van der Waals surface area contributed by atoms with Gasteiger partial charge in [0.15, 0.2) is 0 Å². The average Bonchev–Trinajstić information content (AvgIpc) is 2.48. The fourth-order valence-corrected chi connectivity index (χ4v) is 2.59. The van der Waals surface area contributed by atoms with Crippen LogP contribution in [0.15, 0.2) is 41.6 Å². The smallest absolute Gasteiger partial charge is 0.404 e. The van der Waals surface area contributed by atoms with E-state index in [1.165, 1.54) is 17.1 Å². The van der Waals surface area contributed by atoms with Crippen molar-refractivity contribution in [2.45, 2.75) is 18.2 Å². The van der Waals surface area contributed by atoms with E-state index in [0.717, 1.165) is 24.3 Å². The lowest BCUT2D eigenvalue weighted by Crippen LogP contribution is -2.34. The Morgan fingerprint density at radius 1 is 1.16 bits per heavy atom. The van der Waals surface area contributed by atoms with Gasteiger partial charge >= 0.3 is 18.5 Å². The molecule has 2 rings (SSSR count). The van der Waals surface area contributed by atoms with Gasteiger partial charge in [0.05, 0.1) is 0 Å². The van der Waals surface area contributed by atoms with E-state index in [4.69, 9.17) is 0 Å². The molecule has 1 aromatic carbocycles. The van der Waals surface area contributed by atoms with Crippen molar-refractivity contribution in [3.05, 3.63) is 42.2 Å². The zero-order chi connectivity index (χ0) is 18.7. The number of halogens is 3. The molecule has 0 aliphatic carbocycles. The molecular formula is C13H10F3N3O5S. The number of nitrogens with one attached hydrogen (secondary N) is 1. The Bertz CT molecular complexity index is 869. The van der Waals surface area contributed by atoms with Crippen molar-refractivity contribution in [2.75, 3.05) is 0 Å². The number of para-hydroxylation sites is 1. The van der Waals surface area contributed by atoms with Crippen LogP contribution >= 0.6 is 0 Å². The molecule has 1 N–H and O–H groups in total. The van der Waals surface area contributed by atoms with Crippen molar-refractivity contribution in [3.8, 4) is 11.8 Å². The zero-order valence-corrected chi connectivity index (χ0v) is 13.3. The summed E-state index contributed by atoms with van der Waals surface area (Å²) in [5.41, 5.74) is 0.665. The molecule has 1 heterocycles. The first-order chi connectivity index (χ1) is 11.6. The number of carbonyl (C=O) groups is 1. The normalized spacial score (nSPS) is 11.7. The summed E-state index contributed by atoms with van der Waals surface area (Å²) in [6.45, 7) is 1.67. The minimum atomic E-state index is -5.11. The number of carbonyl (C=O) groups excluding carboxylic acids is 1. The van der Waals surface area contributed by atoms with Gasteiger partial charge in [0.1, 0.15) is 10.6 Å². The third-order valence-corrected chi connectivity index (χ3v) is 3.87. The first-order valence-corrected chi connectivity index (χ1v) is 7.93. The van der Waals surface area contributed by atoms with Crippen LogP contribution in [0, 0.1) is 6.92 Å². The van der Waals surface area contributed by atoms with Gasteiger partial charge in [-0.05, 0) is 24.6 Å². The van der Waals surface area contributed by atoms with E-state index in [9.17, 15) is 26.4 Å². The van der Waals surface area contributed by atoms with Crippen molar-refractivity contribution < 1.29 is 35.9 Å². The van der Waals surface area contributed by atoms with Gasteiger partial charge in [-0.1, -0.05) is 12.1 Å². The molecule has 0 saturated carbocycles. The number of aryl methyl sites for hydroxylation is 1. The molecule has 2 aromatic rings. The summed E-state index contributed by atoms with van der Waals surface area (Å²) in [7, 11) is -4.70. The maximum Gasteiger partial charge on any atom is 0.573 e. The molecule has 12 heteroatoms. The van der Waals surface area contributed by atoms with Gasteiger partial charge in [-0.25, -0.2) is 27.9 Å². The summed E-state index contributed by atoms with van der Waals surface area (Å²) >= 11 is 0. The number of sulfonamides is 1. The Labute approximate surface area is 139 Å². The fraction of sp³-hybridized carbons (Fsp3) is 0.154. The highest BCUT2D eigenvalue weighted by Crippen LogP contribution is 2.29. The molecule has 25 heavy (non-hydrogen) atoms. The van der Waals surface area contributed by atoms with Crippen LogP contribution in [0.4, 0.5) is 18.0 Å². The lowest BCUT2D eigenvalue weighted by atomic mass is 10.3. The summed E-state index contributed by atoms with van der Waals surface area (Å²) in [6.07, 6.45) is -3.97. The summed E-state index contributed by atoms with van der Waals surface area (Å²) < 4.78 is 70.9. The molecule has 0 aliphatic heterocycles. The Morgan fingerprint density at radius 2 is 1.76 bits per heavy atom. The number of hydrogen-bond acceptors (Lipinski definition) is 7. The molecule has 0 aliphatic rings. The molecule has 0 saturated heterocycles. The van der Waals surface area contributed by atoms with Gasteiger partial charge < -0.3 is 9.47 Å². The fourth-order valence-electron chi connectivity index (χ4n) is 1.58. The summed E-state index contributed by atoms with van der Waals surface area (Å²) in [4.78, 5) is 18.0. The van der Waals surface area contributed by atoms with Crippen LogP contribution in [0.2, 0.25) is 0 Å². The SMILES string of the molecule is Cc1cnc(OC(=O)NS(=O)(=O)c2ccccc2OC(F)(F)F)nc1. The topological polar surface area (TPSA) is 107 Å². The van der Waals surface area contributed by atoms with Gasteiger partial charge in [-0.15, -0.1) is 13.2 Å². The molecule has 0 radical (unpaired) electrons. The molecule has 0 spiro atoms. The van der Waals surface area contributed by atoms with Crippen molar-refractivity contribution in [1.82, 2.24) is 14.7 Å². The van der Waals surface area contributed by atoms with Crippen LogP contribution in [-0.4, -0.2) is 30.8 Å². The van der Waals surface area contributed by atoms with E-state index in [1.54, 1.807) is 6.92 Å². The highest BCUT2D eigenvalue weighted by Gasteiger charge is 2.34. The number of amides is 1. The average molecular weight is 377 g/mol. The van der Waals surface area contributed by atoms with E-state index in [-0.39, 0.29) is 0 Å². The lowest BCUT2D eigenvalue weighted by molar-refractivity contribution is -0.275. The van der Waals surface area contributed by atoms with Crippen LogP contribution in [0.1, 0.15) is 5.56 Å². The van der Waals surface area contributed by atoms with Crippen molar-refractivity contribution in [1.29, 1.82) is 0 Å². The third kappa shape index (κ3) is 5.31. The monoisotopic (exact) mass is 377 g/mol.